The number of nitrogens with zero attached hydrogens (tertiary/aromatic N) is 1. The van der Waals surface area contributed by atoms with Crippen molar-refractivity contribution in [3.05, 3.63) is 167 Å². The predicted molar refractivity (Wildman–Crippen MR) is 218 cm³/mol. The highest BCUT2D eigenvalue weighted by molar-refractivity contribution is 7.39. The first-order valence-electron chi connectivity index (χ1n) is 19.2. The third-order valence-corrected chi connectivity index (χ3v) is 13.3. The van der Waals surface area contributed by atoms with E-state index in [2.05, 4.69) is 152 Å². The topological polar surface area (TPSA) is 29.5 Å². The van der Waals surface area contributed by atoms with E-state index in [1.54, 1.807) is 0 Å². The van der Waals surface area contributed by atoms with Crippen LogP contribution in [-0.2, 0) is 25.7 Å². The number of aryl methyl sites for hydroxylation is 4. The second-order valence-corrected chi connectivity index (χ2v) is 16.0. The molecule has 2 atom stereocenters. The fourth-order valence-electron chi connectivity index (χ4n) is 8.81. The van der Waals surface area contributed by atoms with Crippen molar-refractivity contribution in [3.63, 3.8) is 0 Å². The maximum atomic E-state index is 7.69. The van der Waals surface area contributed by atoms with Crippen LogP contribution in [0.1, 0.15) is 85.0 Å². The smallest absolute Gasteiger partial charge is 0.310 e. The molecule has 7 aromatic rings. The maximum Gasteiger partial charge on any atom is 0.310 e. The van der Waals surface area contributed by atoms with Crippen LogP contribution in [0.5, 0.6) is 0 Å². The monoisotopic (exact) mass is 699 g/mol. The molecule has 9 rings (SSSR count). The standard InChI is InChI=1S/C48H46NO2P/c1-33(35-19-7-3-8-20-35)49(34(2)36-21-9-4-10-22-36)52-50-47-43(37-23-11-5-12-24-37)31-39-27-15-17-29-41(39)45(47)46-42-30-18-16-28-40(42)32-44(48(46)51-52)38-25-13-6-14-26-38/h3-14,19-26,31-34H,15-18,27-30H2,1-2H3. The lowest BCUT2D eigenvalue weighted by atomic mass is 9.81. The van der Waals surface area contributed by atoms with E-state index < -0.39 is 8.16 Å². The molecule has 52 heavy (non-hydrogen) atoms. The Hall–Kier alpha value is -4.82. The summed E-state index contributed by atoms with van der Waals surface area (Å²) in [4.78, 5) is 0. The zero-order chi connectivity index (χ0) is 35.0. The van der Waals surface area contributed by atoms with Gasteiger partial charge in [-0.15, -0.1) is 0 Å². The van der Waals surface area contributed by atoms with Crippen LogP contribution in [0.2, 0.25) is 0 Å². The average Bonchev–Trinajstić information content (AvgIpc) is 3.39. The van der Waals surface area contributed by atoms with Gasteiger partial charge in [0.15, 0.2) is 11.2 Å². The van der Waals surface area contributed by atoms with E-state index in [4.69, 9.17) is 8.39 Å². The first-order valence-corrected chi connectivity index (χ1v) is 20.3. The van der Waals surface area contributed by atoms with Crippen LogP contribution in [0.15, 0.2) is 142 Å². The second-order valence-electron chi connectivity index (χ2n) is 14.7. The van der Waals surface area contributed by atoms with Gasteiger partial charge in [-0.25, -0.2) is 0 Å². The Kier molecular flexibility index (Phi) is 9.09. The highest BCUT2D eigenvalue weighted by Gasteiger charge is 2.32. The molecule has 0 amide bonds. The Balaban J connectivity index is 1.48. The minimum atomic E-state index is -1.67. The van der Waals surface area contributed by atoms with Gasteiger partial charge in [0.25, 0.3) is 0 Å². The molecule has 3 nitrogen and oxygen atoms in total. The van der Waals surface area contributed by atoms with E-state index >= 15 is 0 Å². The molecule has 2 aliphatic carbocycles. The van der Waals surface area contributed by atoms with Crippen LogP contribution in [-0.4, -0.2) is 0 Å². The second kappa shape index (κ2) is 14.3. The lowest BCUT2D eigenvalue weighted by Crippen LogP contribution is -2.27. The minimum absolute atomic E-state index is 0.0168. The van der Waals surface area contributed by atoms with Crippen molar-refractivity contribution < 1.29 is 8.39 Å². The van der Waals surface area contributed by atoms with Crippen LogP contribution in [0, 0.1) is 0 Å². The molecule has 0 aliphatic heterocycles. The molecule has 260 valence electrons. The molecule has 6 aromatic carbocycles. The van der Waals surface area contributed by atoms with Gasteiger partial charge in [-0.2, -0.15) is 4.67 Å². The fraction of sp³-hybridized carbons (Fsp3) is 0.250. The third kappa shape index (κ3) is 6.01. The molecule has 4 heteroatoms. The summed E-state index contributed by atoms with van der Waals surface area (Å²) < 4.78 is 17.9. The van der Waals surface area contributed by atoms with Crippen molar-refractivity contribution in [2.75, 3.05) is 4.67 Å². The summed E-state index contributed by atoms with van der Waals surface area (Å²) in [6.45, 7) is 4.62. The average molecular weight is 700 g/mol. The van der Waals surface area contributed by atoms with E-state index in [-0.39, 0.29) is 12.1 Å². The van der Waals surface area contributed by atoms with Gasteiger partial charge >= 0.3 is 8.16 Å². The number of hydrogen-bond acceptors (Lipinski definition) is 3. The van der Waals surface area contributed by atoms with Gasteiger partial charge in [0, 0.05) is 34.0 Å². The molecular weight excluding hydrogens is 654 g/mol. The van der Waals surface area contributed by atoms with Crippen LogP contribution < -0.4 is 4.67 Å². The molecule has 2 aliphatic rings. The number of rotatable bonds is 7. The van der Waals surface area contributed by atoms with Crippen molar-refractivity contribution in [2.45, 2.75) is 77.3 Å². The number of benzene rings is 6. The molecule has 0 N–H and O–H groups in total. The van der Waals surface area contributed by atoms with E-state index in [1.165, 1.54) is 92.1 Å². The zero-order valence-corrected chi connectivity index (χ0v) is 31.1. The molecule has 0 saturated heterocycles. The lowest BCUT2D eigenvalue weighted by Gasteiger charge is -2.32. The van der Waals surface area contributed by atoms with Crippen molar-refractivity contribution in [1.29, 1.82) is 0 Å². The number of fused-ring (bicyclic) bond motifs is 7. The van der Waals surface area contributed by atoms with Gasteiger partial charge in [0.2, 0.25) is 0 Å². The first kappa shape index (κ1) is 33.0. The SMILES string of the molecule is CC(c1ccccc1)N(C(C)c1ccccc1)p1oc2c(-c3ccccc3)cc3c(c2c2c4c(cc(-c5ccccc5)c2o1)CCCC4)CCCC3. The number of hydrogen-bond donors (Lipinski definition) is 0. The van der Waals surface area contributed by atoms with Gasteiger partial charge in [0.1, 0.15) is 0 Å². The summed E-state index contributed by atoms with van der Waals surface area (Å²) in [6.07, 6.45) is 9.12. The molecule has 0 radical (unpaired) electrons. The Labute approximate surface area is 308 Å². The first-order chi connectivity index (χ1) is 25.7. The Morgan fingerprint density at radius 2 is 0.846 bits per heavy atom. The summed E-state index contributed by atoms with van der Waals surface area (Å²) in [7, 11) is -1.67. The van der Waals surface area contributed by atoms with Gasteiger partial charge in [-0.3, -0.25) is 0 Å². The summed E-state index contributed by atoms with van der Waals surface area (Å²) in [5.41, 5.74) is 15.0. The Bertz CT molecular complexity index is 2220. The van der Waals surface area contributed by atoms with Crippen LogP contribution in [0.25, 0.3) is 44.2 Å². The molecule has 1 heterocycles. The van der Waals surface area contributed by atoms with Gasteiger partial charge in [-0.1, -0.05) is 121 Å². The van der Waals surface area contributed by atoms with E-state index in [1.807, 2.05) is 0 Å². The van der Waals surface area contributed by atoms with Crippen molar-refractivity contribution >= 4 is 30.1 Å². The molecule has 1 aromatic heterocycles. The Morgan fingerprint density at radius 1 is 0.481 bits per heavy atom. The normalized spacial score (nSPS) is 15.3. The quantitative estimate of drug-likeness (QED) is 0.166. The van der Waals surface area contributed by atoms with Gasteiger partial charge < -0.3 is 8.39 Å². The third-order valence-electron chi connectivity index (χ3n) is 11.5. The minimum Gasteiger partial charge on any atom is -0.407 e. The molecule has 0 saturated carbocycles. The largest absolute Gasteiger partial charge is 0.407 e. The molecule has 2 unspecified atom stereocenters. The molecule has 0 bridgehead atoms. The van der Waals surface area contributed by atoms with Crippen LogP contribution in [0.3, 0.4) is 0 Å². The Morgan fingerprint density at radius 3 is 1.25 bits per heavy atom. The van der Waals surface area contributed by atoms with Crippen LogP contribution in [0.4, 0.5) is 0 Å². The predicted octanol–water partition coefficient (Wildman–Crippen LogP) is 13.8. The van der Waals surface area contributed by atoms with Crippen molar-refractivity contribution in [2.24, 2.45) is 0 Å². The van der Waals surface area contributed by atoms with E-state index in [9.17, 15) is 0 Å². The maximum absolute atomic E-state index is 7.69. The van der Waals surface area contributed by atoms with Gasteiger partial charge in [-0.05, 0) is 122 Å². The highest BCUT2D eigenvalue weighted by Crippen LogP contribution is 2.51. The van der Waals surface area contributed by atoms with Gasteiger partial charge in [0.05, 0.1) is 0 Å². The summed E-state index contributed by atoms with van der Waals surface area (Å²) >= 11 is 0. The molecule has 0 fully saturated rings. The molecule has 0 spiro atoms. The van der Waals surface area contributed by atoms with Crippen LogP contribution >= 0.6 is 8.16 Å². The lowest BCUT2D eigenvalue weighted by molar-refractivity contribution is 0.558. The van der Waals surface area contributed by atoms with E-state index in [0.717, 1.165) is 36.8 Å². The summed E-state index contributed by atoms with van der Waals surface area (Å²) in [5, 5.41) is 2.57. The van der Waals surface area contributed by atoms with Crippen molar-refractivity contribution in [1.82, 2.24) is 0 Å². The zero-order valence-electron chi connectivity index (χ0n) is 30.2. The van der Waals surface area contributed by atoms with E-state index in [0.29, 0.717) is 0 Å². The summed E-state index contributed by atoms with van der Waals surface area (Å²) in [5.74, 6) is 0. The summed E-state index contributed by atoms with van der Waals surface area (Å²) in [6, 6.07) is 48.5. The highest BCUT2D eigenvalue weighted by atomic mass is 31.1. The molecular formula is C48H46NO2P. The van der Waals surface area contributed by atoms with Crippen molar-refractivity contribution in [3.8, 4) is 22.3 Å². The fourth-order valence-corrected chi connectivity index (χ4v) is 10.6.